The molecule has 0 aliphatic rings. The minimum Gasteiger partial charge on any atom is -0.494 e. The fourth-order valence-corrected chi connectivity index (χ4v) is 2.94. The Bertz CT molecular complexity index is 1070. The summed E-state index contributed by atoms with van der Waals surface area (Å²) in [4.78, 5) is 37.0. The van der Waals surface area contributed by atoms with Gasteiger partial charge in [0.2, 0.25) is 0 Å². The zero-order chi connectivity index (χ0) is 23.1. The summed E-state index contributed by atoms with van der Waals surface area (Å²) >= 11 is 5.93. The maximum Gasteiger partial charge on any atom is 0.328 e. The van der Waals surface area contributed by atoms with Crippen LogP contribution >= 0.6 is 11.6 Å². The minimum absolute atomic E-state index is 0.0500. The van der Waals surface area contributed by atoms with Gasteiger partial charge in [0.1, 0.15) is 6.04 Å². The average Bonchev–Trinajstić information content (AvgIpc) is 2.79. The van der Waals surface area contributed by atoms with E-state index in [0.29, 0.717) is 16.9 Å². The molecule has 8 nitrogen and oxygen atoms in total. The fraction of sp³-hybridized carbons (Fsp3) is 0.273. The van der Waals surface area contributed by atoms with Crippen molar-refractivity contribution in [3.05, 3.63) is 69.6 Å². The third kappa shape index (κ3) is 5.61. The third-order valence-electron chi connectivity index (χ3n) is 4.61. The first kappa shape index (κ1) is 23.9. The highest BCUT2D eigenvalue weighted by Crippen LogP contribution is 2.25. The second kappa shape index (κ2) is 10.6. The second-order valence-electron chi connectivity index (χ2n) is 6.58. The van der Waals surface area contributed by atoms with Crippen molar-refractivity contribution in [2.75, 3.05) is 14.2 Å². The Hall–Kier alpha value is -3.39. The summed E-state index contributed by atoms with van der Waals surface area (Å²) in [5.41, 5.74) is 1.50. The first-order chi connectivity index (χ1) is 14.7. The molecule has 1 heterocycles. The Morgan fingerprint density at radius 1 is 1.29 bits per heavy atom. The van der Waals surface area contributed by atoms with E-state index in [1.165, 1.54) is 31.2 Å². The summed E-state index contributed by atoms with van der Waals surface area (Å²) in [5.74, 6) is -0.818. The number of amides is 1. The van der Waals surface area contributed by atoms with Crippen molar-refractivity contribution in [3.63, 3.8) is 0 Å². The van der Waals surface area contributed by atoms with Crippen LogP contribution in [0.3, 0.4) is 0 Å². The normalized spacial score (nSPS) is 12.1. The van der Waals surface area contributed by atoms with E-state index in [1.54, 1.807) is 38.2 Å². The minimum atomic E-state index is -0.940. The van der Waals surface area contributed by atoms with E-state index >= 15 is 0 Å². The average molecular weight is 446 g/mol. The van der Waals surface area contributed by atoms with Gasteiger partial charge < -0.3 is 14.8 Å². The molecule has 0 aliphatic heterocycles. The highest BCUT2D eigenvalue weighted by atomic mass is 35.5. The molecule has 9 heteroatoms. The van der Waals surface area contributed by atoms with Gasteiger partial charge in [0.05, 0.1) is 31.6 Å². The van der Waals surface area contributed by atoms with Crippen LogP contribution in [0, 0.1) is 0 Å². The number of halogens is 1. The number of ether oxygens (including phenoxy) is 2. The summed E-state index contributed by atoms with van der Waals surface area (Å²) < 4.78 is 11.3. The number of benzene rings is 1. The van der Waals surface area contributed by atoms with Crippen LogP contribution < -0.4 is 15.6 Å². The number of esters is 1. The smallest absolute Gasteiger partial charge is 0.328 e. The van der Waals surface area contributed by atoms with Crippen molar-refractivity contribution in [1.82, 2.24) is 15.1 Å². The van der Waals surface area contributed by atoms with Crippen molar-refractivity contribution in [2.24, 2.45) is 7.05 Å². The van der Waals surface area contributed by atoms with Gasteiger partial charge in [-0.2, -0.15) is 5.10 Å². The number of aryl methyl sites for hydroxylation is 1. The summed E-state index contributed by atoms with van der Waals surface area (Å²) in [6.45, 7) is 5.31. The topological polar surface area (TPSA) is 99.5 Å². The van der Waals surface area contributed by atoms with Gasteiger partial charge in [0.15, 0.2) is 5.75 Å². The van der Waals surface area contributed by atoms with Gasteiger partial charge in [-0.3, -0.25) is 9.59 Å². The van der Waals surface area contributed by atoms with Crippen molar-refractivity contribution in [3.8, 4) is 16.9 Å². The molecule has 1 unspecified atom stereocenters. The molecular weight excluding hydrogens is 422 g/mol. The largest absolute Gasteiger partial charge is 0.494 e. The first-order valence-electron chi connectivity index (χ1n) is 9.32. The van der Waals surface area contributed by atoms with Crippen molar-refractivity contribution in [1.29, 1.82) is 0 Å². The summed E-state index contributed by atoms with van der Waals surface area (Å²) in [5, 5.41) is 6.73. The Morgan fingerprint density at radius 3 is 2.48 bits per heavy atom. The molecule has 164 valence electrons. The number of nitrogens with one attached hydrogen (secondary N) is 1. The van der Waals surface area contributed by atoms with Crippen LogP contribution in [-0.2, 0) is 27.8 Å². The van der Waals surface area contributed by atoms with Gasteiger partial charge >= 0.3 is 5.97 Å². The molecule has 1 atom stereocenters. The lowest BCUT2D eigenvalue weighted by Gasteiger charge is -2.17. The molecule has 1 aromatic heterocycles. The number of rotatable bonds is 8. The molecule has 0 bridgehead atoms. The van der Waals surface area contributed by atoms with Gasteiger partial charge in [-0.05, 0) is 18.1 Å². The number of carbonyl (C=O) groups is 2. The van der Waals surface area contributed by atoms with Gasteiger partial charge in [0.25, 0.3) is 11.5 Å². The van der Waals surface area contributed by atoms with Gasteiger partial charge in [-0.15, -0.1) is 0 Å². The van der Waals surface area contributed by atoms with Gasteiger partial charge in [0, 0.05) is 18.5 Å². The number of hydrogen-bond donors (Lipinski definition) is 1. The molecule has 2 rings (SSSR count). The van der Waals surface area contributed by atoms with Crippen molar-refractivity contribution < 1.29 is 19.1 Å². The predicted molar refractivity (Wildman–Crippen MR) is 118 cm³/mol. The molecule has 31 heavy (non-hydrogen) atoms. The molecule has 0 spiro atoms. The van der Waals surface area contributed by atoms with Crippen molar-refractivity contribution >= 4 is 23.5 Å². The lowest BCUT2D eigenvalue weighted by atomic mass is 10.0. The van der Waals surface area contributed by atoms with Gasteiger partial charge in [-0.1, -0.05) is 48.5 Å². The molecule has 1 N–H and O–H groups in total. The number of nitrogens with zero attached hydrogens (tertiary/aromatic N) is 2. The Kier molecular flexibility index (Phi) is 8.15. The predicted octanol–water partition coefficient (Wildman–Crippen LogP) is 2.36. The molecule has 1 amide bonds. The van der Waals surface area contributed by atoms with Crippen LogP contribution in [0.2, 0.25) is 0 Å². The SMILES string of the molecule is C=C(C(=O)NC(Cc1ccc(-c2c(OC)cnn(C)c2=O)cc1)C(=O)OC)/C(Cl)=C\C. The maximum absolute atomic E-state index is 12.5. The summed E-state index contributed by atoms with van der Waals surface area (Å²) in [7, 11) is 4.26. The highest BCUT2D eigenvalue weighted by molar-refractivity contribution is 6.35. The molecule has 1 aromatic carbocycles. The lowest BCUT2D eigenvalue weighted by molar-refractivity contribution is -0.144. The number of allylic oxidation sites excluding steroid dienone is 1. The zero-order valence-electron chi connectivity index (χ0n) is 17.8. The molecule has 0 radical (unpaired) electrons. The lowest BCUT2D eigenvalue weighted by Crippen LogP contribution is -2.43. The Balaban J connectivity index is 2.28. The van der Waals surface area contributed by atoms with E-state index in [4.69, 9.17) is 21.1 Å². The van der Waals surface area contributed by atoms with Crippen LogP contribution in [0.25, 0.3) is 11.1 Å². The molecule has 0 saturated heterocycles. The monoisotopic (exact) mass is 445 g/mol. The van der Waals surface area contributed by atoms with Crippen LogP contribution in [0.5, 0.6) is 5.75 Å². The fourth-order valence-electron chi connectivity index (χ4n) is 2.85. The third-order valence-corrected chi connectivity index (χ3v) is 5.06. The number of methoxy groups -OCH3 is 2. The zero-order valence-corrected chi connectivity index (χ0v) is 18.5. The van der Waals surface area contributed by atoms with E-state index in [9.17, 15) is 14.4 Å². The van der Waals surface area contributed by atoms with Crippen molar-refractivity contribution in [2.45, 2.75) is 19.4 Å². The quantitative estimate of drug-likeness (QED) is 0.380. The van der Waals surface area contributed by atoms with E-state index in [0.717, 1.165) is 5.56 Å². The highest BCUT2D eigenvalue weighted by Gasteiger charge is 2.24. The maximum atomic E-state index is 12.5. The van der Waals surface area contributed by atoms with Crippen LogP contribution in [0.4, 0.5) is 0 Å². The van der Waals surface area contributed by atoms with E-state index in [2.05, 4.69) is 17.0 Å². The van der Waals surface area contributed by atoms with Crippen LogP contribution in [-0.4, -0.2) is 41.9 Å². The van der Waals surface area contributed by atoms with E-state index < -0.39 is 17.9 Å². The standard InChI is InChI=1S/C22H24ClN3O5/c1-6-16(23)13(2)20(27)25-17(22(29)31-5)11-14-7-9-15(10-8-14)19-18(30-4)12-24-26(3)21(19)28/h6-10,12,17H,2,11H2,1,3-5H3,(H,25,27)/b16-6+. The van der Waals surface area contributed by atoms with Gasteiger partial charge in [-0.25, -0.2) is 9.48 Å². The molecule has 0 saturated carbocycles. The van der Waals surface area contributed by atoms with Crippen LogP contribution in [0.1, 0.15) is 12.5 Å². The van der Waals surface area contributed by atoms with E-state index in [-0.39, 0.29) is 22.6 Å². The number of hydrogen-bond acceptors (Lipinski definition) is 6. The molecular formula is C22H24ClN3O5. The van der Waals surface area contributed by atoms with E-state index in [1.807, 2.05) is 0 Å². The molecule has 2 aromatic rings. The summed E-state index contributed by atoms with van der Waals surface area (Å²) in [6.07, 6.45) is 3.17. The van der Waals surface area contributed by atoms with Crippen LogP contribution in [0.15, 0.2) is 58.5 Å². The summed E-state index contributed by atoms with van der Waals surface area (Å²) in [6, 6.07) is 6.04. The first-order valence-corrected chi connectivity index (χ1v) is 9.70. The number of aromatic nitrogens is 2. The second-order valence-corrected chi connectivity index (χ2v) is 6.99. The molecule has 0 fully saturated rings. The number of carbonyl (C=O) groups excluding carboxylic acids is 2. The Morgan fingerprint density at radius 2 is 1.94 bits per heavy atom. The molecule has 0 aliphatic carbocycles. The Labute approximate surface area is 185 Å².